The SMILES string of the molecule is C=CCOc1c(/C=C\COC(C)=O)cc2ccoc2c1OC. The summed E-state index contributed by atoms with van der Waals surface area (Å²) < 4.78 is 21.5. The lowest BCUT2D eigenvalue weighted by atomic mass is 10.1. The Bertz CT molecular complexity index is 696. The van der Waals surface area contributed by atoms with Gasteiger partial charge in [-0.05, 0) is 18.2 Å². The van der Waals surface area contributed by atoms with Gasteiger partial charge in [0.2, 0.25) is 5.75 Å². The van der Waals surface area contributed by atoms with Gasteiger partial charge in [0.05, 0.1) is 13.4 Å². The minimum atomic E-state index is -0.323. The normalized spacial score (nSPS) is 10.8. The number of ether oxygens (including phenoxy) is 3. The van der Waals surface area contributed by atoms with Gasteiger partial charge in [-0.25, -0.2) is 0 Å². The molecule has 5 nitrogen and oxygen atoms in total. The Morgan fingerprint density at radius 3 is 2.86 bits per heavy atom. The summed E-state index contributed by atoms with van der Waals surface area (Å²) in [6, 6.07) is 3.77. The van der Waals surface area contributed by atoms with E-state index in [-0.39, 0.29) is 12.6 Å². The molecule has 0 radical (unpaired) electrons. The first kappa shape index (κ1) is 15.7. The zero-order chi connectivity index (χ0) is 15.9. The number of furan rings is 1. The van der Waals surface area contributed by atoms with Crippen LogP contribution < -0.4 is 9.47 Å². The molecule has 1 aromatic carbocycles. The number of esters is 1. The Hall–Kier alpha value is -2.69. The van der Waals surface area contributed by atoms with Gasteiger partial charge in [-0.1, -0.05) is 18.7 Å². The average molecular weight is 302 g/mol. The minimum Gasteiger partial charge on any atom is -0.490 e. The van der Waals surface area contributed by atoms with E-state index in [9.17, 15) is 4.79 Å². The highest BCUT2D eigenvalue weighted by Gasteiger charge is 2.16. The van der Waals surface area contributed by atoms with Gasteiger partial charge in [-0.2, -0.15) is 0 Å². The zero-order valence-corrected chi connectivity index (χ0v) is 12.6. The number of carbonyl (C=O) groups excluding carboxylic acids is 1. The largest absolute Gasteiger partial charge is 0.490 e. The van der Waals surface area contributed by atoms with Crippen molar-refractivity contribution in [2.45, 2.75) is 6.92 Å². The van der Waals surface area contributed by atoms with Gasteiger partial charge in [0.25, 0.3) is 0 Å². The molecule has 5 heteroatoms. The van der Waals surface area contributed by atoms with Crippen molar-refractivity contribution in [3.63, 3.8) is 0 Å². The van der Waals surface area contributed by atoms with Crippen molar-refractivity contribution in [3.8, 4) is 11.5 Å². The molecule has 0 saturated heterocycles. The summed E-state index contributed by atoms with van der Waals surface area (Å²) >= 11 is 0. The third kappa shape index (κ3) is 3.49. The maximum Gasteiger partial charge on any atom is 0.302 e. The third-order valence-corrected chi connectivity index (χ3v) is 2.91. The van der Waals surface area contributed by atoms with Crippen LogP contribution in [-0.2, 0) is 9.53 Å². The van der Waals surface area contributed by atoms with Crippen molar-refractivity contribution in [2.24, 2.45) is 0 Å². The van der Waals surface area contributed by atoms with Gasteiger partial charge in [-0.15, -0.1) is 0 Å². The predicted molar refractivity (Wildman–Crippen MR) is 84.1 cm³/mol. The highest BCUT2D eigenvalue weighted by atomic mass is 16.5. The second-order valence-electron chi connectivity index (χ2n) is 4.47. The van der Waals surface area contributed by atoms with Gasteiger partial charge < -0.3 is 18.6 Å². The van der Waals surface area contributed by atoms with Gasteiger partial charge in [-0.3, -0.25) is 4.79 Å². The van der Waals surface area contributed by atoms with Gasteiger partial charge in [0.15, 0.2) is 11.3 Å². The van der Waals surface area contributed by atoms with Gasteiger partial charge in [0, 0.05) is 17.9 Å². The summed E-state index contributed by atoms with van der Waals surface area (Å²) in [5.74, 6) is 0.760. The van der Waals surface area contributed by atoms with Crippen LogP contribution in [0.3, 0.4) is 0 Å². The van der Waals surface area contributed by atoms with Gasteiger partial charge >= 0.3 is 5.97 Å². The Morgan fingerprint density at radius 2 is 2.18 bits per heavy atom. The van der Waals surface area contributed by atoms with E-state index in [1.165, 1.54) is 6.92 Å². The van der Waals surface area contributed by atoms with E-state index in [0.717, 1.165) is 10.9 Å². The van der Waals surface area contributed by atoms with Crippen LogP contribution in [0.5, 0.6) is 11.5 Å². The van der Waals surface area contributed by atoms with Crippen LogP contribution in [0.4, 0.5) is 0 Å². The highest BCUT2D eigenvalue weighted by molar-refractivity contribution is 5.89. The number of hydrogen-bond acceptors (Lipinski definition) is 5. The zero-order valence-electron chi connectivity index (χ0n) is 12.6. The molecule has 2 aromatic rings. The van der Waals surface area contributed by atoms with Crippen LogP contribution in [0.25, 0.3) is 17.0 Å². The predicted octanol–water partition coefficient (Wildman–Crippen LogP) is 3.58. The quantitative estimate of drug-likeness (QED) is 0.578. The Balaban J connectivity index is 2.40. The lowest BCUT2D eigenvalue weighted by Crippen LogP contribution is -2.00. The fourth-order valence-corrected chi connectivity index (χ4v) is 2.03. The number of methoxy groups -OCH3 is 1. The molecule has 22 heavy (non-hydrogen) atoms. The minimum absolute atomic E-state index is 0.196. The smallest absolute Gasteiger partial charge is 0.302 e. The summed E-state index contributed by atoms with van der Waals surface area (Å²) in [7, 11) is 1.56. The van der Waals surface area contributed by atoms with E-state index in [0.29, 0.717) is 23.7 Å². The summed E-state index contributed by atoms with van der Waals surface area (Å²) in [4.78, 5) is 10.8. The third-order valence-electron chi connectivity index (χ3n) is 2.91. The van der Waals surface area contributed by atoms with E-state index in [4.69, 9.17) is 18.6 Å². The molecule has 0 spiro atoms. The molecule has 0 N–H and O–H groups in total. The maximum absolute atomic E-state index is 10.8. The topological polar surface area (TPSA) is 57.9 Å². The molecule has 0 fully saturated rings. The van der Waals surface area contributed by atoms with Crippen LogP contribution >= 0.6 is 0 Å². The van der Waals surface area contributed by atoms with Crippen molar-refractivity contribution in [3.05, 3.63) is 42.7 Å². The molecule has 0 unspecified atom stereocenters. The average Bonchev–Trinajstić information content (AvgIpc) is 2.96. The lowest BCUT2D eigenvalue weighted by Gasteiger charge is -2.13. The molecule has 0 aliphatic heterocycles. The molecule has 1 heterocycles. The molecule has 2 rings (SSSR count). The van der Waals surface area contributed by atoms with E-state index in [1.54, 1.807) is 25.5 Å². The highest BCUT2D eigenvalue weighted by Crippen LogP contribution is 2.40. The van der Waals surface area contributed by atoms with E-state index >= 15 is 0 Å². The summed E-state index contributed by atoms with van der Waals surface area (Å²) in [5.41, 5.74) is 1.43. The second kappa shape index (κ2) is 7.36. The molecule has 0 saturated carbocycles. The fraction of sp³-hybridized carbons (Fsp3) is 0.235. The molecule has 0 aliphatic carbocycles. The van der Waals surface area contributed by atoms with E-state index in [1.807, 2.05) is 18.2 Å². The molecule has 1 aromatic heterocycles. The van der Waals surface area contributed by atoms with Crippen LogP contribution in [0.2, 0.25) is 0 Å². The van der Waals surface area contributed by atoms with Crippen LogP contribution in [-0.4, -0.2) is 26.3 Å². The molecular weight excluding hydrogens is 284 g/mol. The molecular formula is C17H18O5. The number of rotatable bonds is 7. The molecule has 0 atom stereocenters. The molecule has 0 amide bonds. The van der Waals surface area contributed by atoms with E-state index in [2.05, 4.69) is 6.58 Å². The number of fused-ring (bicyclic) bond motifs is 1. The first-order chi connectivity index (χ1) is 10.7. The van der Waals surface area contributed by atoms with Crippen molar-refractivity contribution in [1.82, 2.24) is 0 Å². The number of benzene rings is 1. The summed E-state index contributed by atoms with van der Waals surface area (Å²) in [5, 5.41) is 0.898. The Kier molecular flexibility index (Phi) is 5.25. The summed E-state index contributed by atoms with van der Waals surface area (Å²) in [6.07, 6.45) is 6.80. The molecule has 116 valence electrons. The maximum atomic E-state index is 10.8. The van der Waals surface area contributed by atoms with Crippen molar-refractivity contribution in [2.75, 3.05) is 20.3 Å². The van der Waals surface area contributed by atoms with Gasteiger partial charge in [0.1, 0.15) is 13.2 Å². The Labute approximate surface area is 128 Å². The molecule has 0 aliphatic rings. The first-order valence-electron chi connectivity index (χ1n) is 6.79. The van der Waals surface area contributed by atoms with Crippen LogP contribution in [0.15, 0.2) is 41.5 Å². The van der Waals surface area contributed by atoms with Crippen LogP contribution in [0, 0.1) is 0 Å². The van der Waals surface area contributed by atoms with E-state index < -0.39 is 0 Å². The van der Waals surface area contributed by atoms with Crippen molar-refractivity contribution < 1.29 is 23.4 Å². The summed E-state index contributed by atoms with van der Waals surface area (Å²) in [6.45, 7) is 5.55. The second-order valence-corrected chi connectivity index (χ2v) is 4.47. The molecule has 0 bridgehead atoms. The standard InChI is InChI=1S/C17H18O5/c1-4-8-21-15-13(6-5-9-20-12(2)18)11-14-7-10-22-16(14)17(15)19-3/h4-7,10-11H,1,8-9H2,2-3H3/b6-5-. The lowest BCUT2D eigenvalue weighted by molar-refractivity contribution is -0.139. The number of hydrogen-bond donors (Lipinski definition) is 0. The monoisotopic (exact) mass is 302 g/mol. The first-order valence-corrected chi connectivity index (χ1v) is 6.79. The fourth-order valence-electron chi connectivity index (χ4n) is 2.03. The van der Waals surface area contributed by atoms with Crippen LogP contribution in [0.1, 0.15) is 12.5 Å². The van der Waals surface area contributed by atoms with Crippen molar-refractivity contribution >= 4 is 23.0 Å². The Morgan fingerprint density at radius 1 is 1.36 bits per heavy atom. The number of carbonyl (C=O) groups is 1. The van der Waals surface area contributed by atoms with Crippen molar-refractivity contribution in [1.29, 1.82) is 0 Å².